The molecule has 0 fully saturated rings. The van der Waals surface area contributed by atoms with Crippen molar-refractivity contribution in [2.24, 2.45) is 0 Å². The van der Waals surface area contributed by atoms with Gasteiger partial charge in [-0.25, -0.2) is 4.79 Å². The SMILES string of the molecule is CCCCn1c(=O)[nH]c2cc(-c3nc(-c4ccc(Cl)cc4)no3)ccc2c1=O. The zero-order valence-electron chi connectivity index (χ0n) is 15.1. The third-order valence-electron chi connectivity index (χ3n) is 4.49. The van der Waals surface area contributed by atoms with Gasteiger partial charge in [-0.1, -0.05) is 30.1 Å². The molecule has 2 heterocycles. The highest BCUT2D eigenvalue weighted by Gasteiger charge is 2.13. The first-order valence-electron chi connectivity index (χ1n) is 8.93. The molecule has 0 radical (unpaired) electrons. The van der Waals surface area contributed by atoms with Crippen molar-refractivity contribution in [1.29, 1.82) is 0 Å². The van der Waals surface area contributed by atoms with Crippen LogP contribution in [-0.2, 0) is 6.54 Å². The molecule has 0 amide bonds. The van der Waals surface area contributed by atoms with Crippen LogP contribution in [0.1, 0.15) is 19.8 Å². The number of unbranched alkanes of at least 4 members (excludes halogenated alkanes) is 1. The van der Waals surface area contributed by atoms with Gasteiger partial charge in [0.25, 0.3) is 11.4 Å². The van der Waals surface area contributed by atoms with Crippen molar-refractivity contribution >= 4 is 22.5 Å². The molecule has 28 heavy (non-hydrogen) atoms. The summed E-state index contributed by atoms with van der Waals surface area (Å²) in [4.78, 5) is 32.0. The standard InChI is InChI=1S/C20H17ClN4O3/c1-2-3-10-25-19(26)15-9-6-13(11-16(15)22-20(25)27)18-23-17(24-28-18)12-4-7-14(21)8-5-12/h4-9,11H,2-3,10H2,1H3,(H,22,27). The van der Waals surface area contributed by atoms with E-state index in [-0.39, 0.29) is 5.56 Å². The number of aromatic nitrogens is 4. The van der Waals surface area contributed by atoms with Gasteiger partial charge in [-0.3, -0.25) is 9.36 Å². The largest absolute Gasteiger partial charge is 0.334 e. The van der Waals surface area contributed by atoms with Gasteiger partial charge >= 0.3 is 5.69 Å². The minimum Gasteiger partial charge on any atom is -0.334 e. The van der Waals surface area contributed by atoms with Crippen molar-refractivity contribution in [2.45, 2.75) is 26.3 Å². The lowest BCUT2D eigenvalue weighted by molar-refractivity contribution is 0.432. The minimum atomic E-state index is -0.421. The topological polar surface area (TPSA) is 93.8 Å². The number of hydrogen-bond acceptors (Lipinski definition) is 5. The highest BCUT2D eigenvalue weighted by Crippen LogP contribution is 2.24. The molecule has 8 heteroatoms. The lowest BCUT2D eigenvalue weighted by atomic mass is 10.1. The van der Waals surface area contributed by atoms with Crippen LogP contribution < -0.4 is 11.2 Å². The number of fused-ring (bicyclic) bond motifs is 1. The monoisotopic (exact) mass is 396 g/mol. The lowest BCUT2D eigenvalue weighted by Crippen LogP contribution is -2.35. The third-order valence-corrected chi connectivity index (χ3v) is 4.74. The molecule has 0 saturated heterocycles. The van der Waals surface area contributed by atoms with Gasteiger partial charge in [0.15, 0.2) is 0 Å². The average molecular weight is 397 g/mol. The molecule has 0 aliphatic heterocycles. The van der Waals surface area contributed by atoms with Crippen molar-refractivity contribution in [3.05, 3.63) is 68.3 Å². The number of aromatic amines is 1. The highest BCUT2D eigenvalue weighted by atomic mass is 35.5. The number of H-pyrrole nitrogens is 1. The molecule has 7 nitrogen and oxygen atoms in total. The molecular formula is C20H17ClN4O3. The van der Waals surface area contributed by atoms with E-state index in [0.29, 0.717) is 39.7 Å². The fourth-order valence-corrected chi connectivity index (χ4v) is 3.09. The van der Waals surface area contributed by atoms with Crippen LogP contribution in [0.3, 0.4) is 0 Å². The van der Waals surface area contributed by atoms with Crippen LogP contribution >= 0.6 is 11.6 Å². The summed E-state index contributed by atoms with van der Waals surface area (Å²) >= 11 is 5.90. The zero-order valence-corrected chi connectivity index (χ0v) is 15.9. The molecule has 4 aromatic rings. The van der Waals surface area contributed by atoms with Gasteiger partial charge in [0.2, 0.25) is 5.82 Å². The smallest absolute Gasteiger partial charge is 0.328 e. The van der Waals surface area contributed by atoms with Crippen LogP contribution in [0, 0.1) is 0 Å². The maximum absolute atomic E-state index is 12.6. The summed E-state index contributed by atoms with van der Waals surface area (Å²) in [5.74, 6) is 0.720. The van der Waals surface area contributed by atoms with Crippen LogP contribution in [0.15, 0.2) is 56.6 Å². The van der Waals surface area contributed by atoms with Crippen LogP contribution in [0.2, 0.25) is 5.02 Å². The first-order valence-corrected chi connectivity index (χ1v) is 9.31. The second-order valence-corrected chi connectivity index (χ2v) is 6.87. The summed E-state index contributed by atoms with van der Waals surface area (Å²) in [6.07, 6.45) is 1.66. The summed E-state index contributed by atoms with van der Waals surface area (Å²) in [6.45, 7) is 2.41. The van der Waals surface area contributed by atoms with Gasteiger partial charge in [0.05, 0.1) is 10.9 Å². The van der Waals surface area contributed by atoms with E-state index in [1.807, 2.05) is 6.92 Å². The Balaban J connectivity index is 1.73. The van der Waals surface area contributed by atoms with E-state index in [0.717, 1.165) is 18.4 Å². The Bertz CT molecular complexity index is 1260. The molecule has 142 valence electrons. The Kier molecular flexibility index (Phi) is 4.83. The fourth-order valence-electron chi connectivity index (χ4n) is 2.96. The molecule has 0 saturated carbocycles. The quantitative estimate of drug-likeness (QED) is 0.552. The second-order valence-electron chi connectivity index (χ2n) is 6.43. The summed E-state index contributed by atoms with van der Waals surface area (Å²) in [6, 6.07) is 12.2. The van der Waals surface area contributed by atoms with Crippen molar-refractivity contribution < 1.29 is 4.52 Å². The maximum atomic E-state index is 12.6. The minimum absolute atomic E-state index is 0.294. The summed E-state index contributed by atoms with van der Waals surface area (Å²) < 4.78 is 6.59. The Labute approximate surface area is 164 Å². The van der Waals surface area contributed by atoms with E-state index < -0.39 is 5.69 Å². The van der Waals surface area contributed by atoms with Crippen LogP contribution in [0.5, 0.6) is 0 Å². The number of rotatable bonds is 5. The van der Waals surface area contributed by atoms with E-state index in [2.05, 4.69) is 15.1 Å². The Hall–Kier alpha value is -3.19. The number of nitrogens with one attached hydrogen (secondary N) is 1. The molecule has 1 N–H and O–H groups in total. The molecule has 0 aliphatic rings. The zero-order chi connectivity index (χ0) is 19.7. The normalized spacial score (nSPS) is 11.2. The predicted octanol–water partition coefficient (Wildman–Crippen LogP) is 3.86. The second kappa shape index (κ2) is 7.44. The van der Waals surface area contributed by atoms with Crippen molar-refractivity contribution in [3.8, 4) is 22.8 Å². The Morgan fingerprint density at radius 1 is 1.11 bits per heavy atom. The van der Waals surface area contributed by atoms with E-state index in [1.54, 1.807) is 42.5 Å². The Morgan fingerprint density at radius 3 is 2.61 bits per heavy atom. The maximum Gasteiger partial charge on any atom is 0.328 e. The molecule has 0 atom stereocenters. The van der Waals surface area contributed by atoms with Gasteiger partial charge in [0, 0.05) is 22.7 Å². The number of halogens is 1. The average Bonchev–Trinajstić information content (AvgIpc) is 3.18. The molecule has 0 bridgehead atoms. The molecule has 2 aromatic carbocycles. The third kappa shape index (κ3) is 3.36. The predicted molar refractivity (Wildman–Crippen MR) is 107 cm³/mol. The lowest BCUT2D eigenvalue weighted by Gasteiger charge is -2.06. The van der Waals surface area contributed by atoms with Crippen LogP contribution in [0.25, 0.3) is 33.7 Å². The van der Waals surface area contributed by atoms with Crippen molar-refractivity contribution in [3.63, 3.8) is 0 Å². The summed E-state index contributed by atoms with van der Waals surface area (Å²) in [5, 5.41) is 5.05. The number of hydrogen-bond donors (Lipinski definition) is 1. The van der Waals surface area contributed by atoms with E-state index >= 15 is 0 Å². The first-order chi connectivity index (χ1) is 13.6. The first kappa shape index (κ1) is 18.2. The van der Waals surface area contributed by atoms with Crippen molar-refractivity contribution in [2.75, 3.05) is 0 Å². The van der Waals surface area contributed by atoms with Crippen LogP contribution in [0.4, 0.5) is 0 Å². The molecule has 2 aromatic heterocycles. The molecule has 0 spiro atoms. The highest BCUT2D eigenvalue weighted by molar-refractivity contribution is 6.30. The summed E-state index contributed by atoms with van der Waals surface area (Å²) in [5.41, 5.74) is 1.10. The fraction of sp³-hybridized carbons (Fsp3) is 0.200. The van der Waals surface area contributed by atoms with Gasteiger partial charge in [-0.2, -0.15) is 4.98 Å². The van der Waals surface area contributed by atoms with E-state index in [4.69, 9.17) is 16.1 Å². The van der Waals surface area contributed by atoms with Gasteiger partial charge < -0.3 is 9.51 Å². The van der Waals surface area contributed by atoms with Gasteiger partial charge in [-0.15, -0.1) is 0 Å². The molecular weight excluding hydrogens is 380 g/mol. The number of benzene rings is 2. The van der Waals surface area contributed by atoms with Gasteiger partial charge in [0.1, 0.15) is 0 Å². The van der Waals surface area contributed by atoms with Crippen molar-refractivity contribution in [1.82, 2.24) is 19.7 Å². The Morgan fingerprint density at radius 2 is 1.86 bits per heavy atom. The molecule has 4 rings (SSSR count). The van der Waals surface area contributed by atoms with Crippen LogP contribution in [-0.4, -0.2) is 19.7 Å². The van der Waals surface area contributed by atoms with E-state index in [9.17, 15) is 9.59 Å². The number of nitrogens with zero attached hydrogens (tertiary/aromatic N) is 3. The molecule has 0 unspecified atom stereocenters. The summed E-state index contributed by atoms with van der Waals surface area (Å²) in [7, 11) is 0. The van der Waals surface area contributed by atoms with Gasteiger partial charge in [-0.05, 0) is 48.9 Å². The molecule has 0 aliphatic carbocycles. The van der Waals surface area contributed by atoms with E-state index in [1.165, 1.54) is 4.57 Å².